The van der Waals surface area contributed by atoms with E-state index in [2.05, 4.69) is 6.58 Å². The molecular formula is C18H34O9. The Labute approximate surface area is 159 Å². The number of hydrogen-bond acceptors (Lipinski definition) is 9. The number of rotatable bonds is 17. The van der Waals surface area contributed by atoms with Crippen molar-refractivity contribution < 1.29 is 44.9 Å². The maximum absolute atomic E-state index is 12.0. The number of ether oxygens (including phenoxy) is 2. The highest BCUT2D eigenvalue weighted by molar-refractivity contribution is 5.87. The number of unbranched alkanes of at least 4 members (excludes halogenated alkanes) is 2. The smallest absolute Gasteiger partial charge is 0.333 e. The Balaban J connectivity index is 4.55. The van der Waals surface area contributed by atoms with E-state index < -0.39 is 49.8 Å². The fourth-order valence-corrected chi connectivity index (χ4v) is 2.09. The van der Waals surface area contributed by atoms with Gasteiger partial charge in [0.05, 0.1) is 57.1 Å². The number of aliphatic hydroxyl groups is 6. The molecule has 0 radical (unpaired) electrons. The summed E-state index contributed by atoms with van der Waals surface area (Å²) in [7, 11) is 0. The second kappa shape index (κ2) is 14.0. The minimum absolute atomic E-state index is 0.0938. The van der Waals surface area contributed by atoms with E-state index in [1.807, 2.05) is 0 Å². The van der Waals surface area contributed by atoms with Crippen LogP contribution < -0.4 is 0 Å². The molecule has 0 saturated carbocycles. The van der Waals surface area contributed by atoms with Crippen LogP contribution in [0.5, 0.6) is 0 Å². The molecule has 6 N–H and O–H groups in total. The number of carbonyl (C=O) groups excluding carboxylic acids is 1. The van der Waals surface area contributed by atoms with Gasteiger partial charge < -0.3 is 40.1 Å². The van der Waals surface area contributed by atoms with E-state index in [1.54, 1.807) is 0 Å². The second-order valence-electron chi connectivity index (χ2n) is 7.00. The van der Waals surface area contributed by atoms with Gasteiger partial charge in [-0.15, -0.1) is 0 Å². The van der Waals surface area contributed by atoms with Gasteiger partial charge in [-0.25, -0.2) is 4.79 Å². The van der Waals surface area contributed by atoms with Crippen molar-refractivity contribution in [2.75, 3.05) is 59.5 Å². The van der Waals surface area contributed by atoms with Crippen LogP contribution in [-0.2, 0) is 14.3 Å². The van der Waals surface area contributed by atoms with Crippen LogP contribution in [0.3, 0.4) is 0 Å². The molecule has 0 aromatic heterocycles. The minimum Gasteiger partial charge on any atom is -0.461 e. The molecule has 0 spiro atoms. The maximum atomic E-state index is 12.0. The van der Waals surface area contributed by atoms with E-state index in [1.165, 1.54) is 0 Å². The molecule has 0 aliphatic carbocycles. The van der Waals surface area contributed by atoms with Gasteiger partial charge in [0.15, 0.2) is 0 Å². The van der Waals surface area contributed by atoms with Crippen molar-refractivity contribution in [3.63, 3.8) is 0 Å². The van der Waals surface area contributed by atoms with Crippen LogP contribution in [0.2, 0.25) is 0 Å². The summed E-state index contributed by atoms with van der Waals surface area (Å²) in [6.45, 7) is 0.470. The van der Waals surface area contributed by atoms with Crippen molar-refractivity contribution in [2.24, 2.45) is 10.8 Å². The van der Waals surface area contributed by atoms with Gasteiger partial charge in [-0.2, -0.15) is 0 Å². The third kappa shape index (κ3) is 9.11. The van der Waals surface area contributed by atoms with E-state index in [-0.39, 0.29) is 32.0 Å². The average molecular weight is 394 g/mol. The normalized spacial score (nSPS) is 12.2. The Morgan fingerprint density at radius 2 is 1.26 bits per heavy atom. The van der Waals surface area contributed by atoms with Crippen LogP contribution in [0.15, 0.2) is 12.2 Å². The Morgan fingerprint density at radius 3 is 1.74 bits per heavy atom. The number of hydrogen-bond donors (Lipinski definition) is 6. The molecule has 0 aromatic carbocycles. The molecule has 160 valence electrons. The summed E-state index contributed by atoms with van der Waals surface area (Å²) in [6.07, 6.45) is 2.52. The van der Waals surface area contributed by atoms with E-state index >= 15 is 0 Å². The highest BCUT2D eigenvalue weighted by Crippen LogP contribution is 2.21. The van der Waals surface area contributed by atoms with E-state index in [0.717, 1.165) is 6.42 Å². The van der Waals surface area contributed by atoms with Crippen molar-refractivity contribution in [1.29, 1.82) is 0 Å². The molecule has 9 heteroatoms. The van der Waals surface area contributed by atoms with Crippen LogP contribution in [0.25, 0.3) is 0 Å². The third-order valence-corrected chi connectivity index (χ3v) is 4.43. The zero-order valence-electron chi connectivity index (χ0n) is 15.8. The third-order valence-electron chi connectivity index (χ3n) is 4.43. The summed E-state index contributed by atoms with van der Waals surface area (Å²) in [5.74, 6) is -0.638. The van der Waals surface area contributed by atoms with E-state index in [4.69, 9.17) is 14.6 Å². The standard InChI is InChI=1S/C18H34O9/c1-15(5-3-2-4-6-19)16(25)27-14-18(10-23,11-24)13-26-12-17(7-20,8-21)9-22/h19-24H,1-14H2. The molecule has 0 aliphatic rings. The summed E-state index contributed by atoms with van der Waals surface area (Å²) >= 11 is 0. The number of esters is 1. The number of carbonyl (C=O) groups is 1. The van der Waals surface area contributed by atoms with Crippen LogP contribution in [0.4, 0.5) is 0 Å². The largest absolute Gasteiger partial charge is 0.461 e. The fraction of sp³-hybridized carbons (Fsp3) is 0.833. The van der Waals surface area contributed by atoms with Crippen molar-refractivity contribution in [2.45, 2.75) is 25.7 Å². The van der Waals surface area contributed by atoms with Gasteiger partial charge in [-0.3, -0.25) is 0 Å². The zero-order chi connectivity index (χ0) is 20.8. The average Bonchev–Trinajstić information content (AvgIpc) is 2.71. The van der Waals surface area contributed by atoms with Crippen molar-refractivity contribution in [3.8, 4) is 0 Å². The molecule has 0 aliphatic heterocycles. The maximum Gasteiger partial charge on any atom is 0.333 e. The molecule has 0 saturated heterocycles. The van der Waals surface area contributed by atoms with E-state index in [0.29, 0.717) is 19.3 Å². The topological polar surface area (TPSA) is 157 Å². The van der Waals surface area contributed by atoms with Crippen molar-refractivity contribution >= 4 is 5.97 Å². The lowest BCUT2D eigenvalue weighted by molar-refractivity contribution is -0.150. The van der Waals surface area contributed by atoms with Gasteiger partial charge in [0.25, 0.3) is 0 Å². The Bertz CT molecular complexity index is 409. The Hall–Kier alpha value is -1.07. The van der Waals surface area contributed by atoms with Gasteiger partial charge in [-0.05, 0) is 19.3 Å². The summed E-state index contributed by atoms with van der Waals surface area (Å²) < 4.78 is 10.5. The molecule has 27 heavy (non-hydrogen) atoms. The van der Waals surface area contributed by atoms with Gasteiger partial charge >= 0.3 is 5.97 Å². The molecule has 9 nitrogen and oxygen atoms in total. The van der Waals surface area contributed by atoms with Crippen molar-refractivity contribution in [1.82, 2.24) is 0 Å². The first-order valence-corrected chi connectivity index (χ1v) is 8.96. The zero-order valence-corrected chi connectivity index (χ0v) is 15.8. The molecular weight excluding hydrogens is 360 g/mol. The second-order valence-corrected chi connectivity index (χ2v) is 7.00. The van der Waals surface area contributed by atoms with Crippen LogP contribution in [0, 0.1) is 10.8 Å². The molecule has 0 aromatic rings. The lowest BCUT2D eigenvalue weighted by Gasteiger charge is -2.32. The Morgan fingerprint density at radius 1 is 0.741 bits per heavy atom. The van der Waals surface area contributed by atoms with Gasteiger partial charge in [-0.1, -0.05) is 13.0 Å². The van der Waals surface area contributed by atoms with Gasteiger partial charge in [0.2, 0.25) is 0 Å². The Kier molecular flexibility index (Phi) is 13.4. The fourth-order valence-electron chi connectivity index (χ4n) is 2.09. The predicted molar refractivity (Wildman–Crippen MR) is 96.8 cm³/mol. The lowest BCUT2D eigenvalue weighted by Crippen LogP contribution is -2.44. The monoisotopic (exact) mass is 394 g/mol. The van der Waals surface area contributed by atoms with Crippen LogP contribution >= 0.6 is 0 Å². The first-order valence-electron chi connectivity index (χ1n) is 8.96. The summed E-state index contributed by atoms with van der Waals surface area (Å²) in [5, 5.41) is 55.7. The molecule has 0 heterocycles. The molecule has 0 rings (SSSR count). The minimum atomic E-state index is -1.26. The molecule has 0 atom stereocenters. The molecule has 0 amide bonds. The number of aliphatic hydroxyl groups excluding tert-OH is 6. The molecule has 0 unspecified atom stereocenters. The highest BCUT2D eigenvalue weighted by atomic mass is 16.5. The highest BCUT2D eigenvalue weighted by Gasteiger charge is 2.34. The molecule has 0 bridgehead atoms. The summed E-state index contributed by atoms with van der Waals surface area (Å²) in [4.78, 5) is 12.0. The first kappa shape index (κ1) is 25.9. The SMILES string of the molecule is C=C(CCCCCO)C(=O)OCC(CO)(CO)COCC(CO)(CO)CO. The van der Waals surface area contributed by atoms with Gasteiger partial charge in [0, 0.05) is 12.2 Å². The first-order chi connectivity index (χ1) is 12.9. The van der Waals surface area contributed by atoms with E-state index in [9.17, 15) is 30.3 Å². The predicted octanol–water partition coefficient (Wildman–Crippen LogP) is -1.41. The quantitative estimate of drug-likeness (QED) is 0.0990. The summed E-state index contributed by atoms with van der Waals surface area (Å²) in [6, 6.07) is 0. The van der Waals surface area contributed by atoms with Crippen LogP contribution in [0.1, 0.15) is 25.7 Å². The van der Waals surface area contributed by atoms with Gasteiger partial charge in [0.1, 0.15) is 6.61 Å². The van der Waals surface area contributed by atoms with Crippen LogP contribution in [-0.4, -0.2) is 96.1 Å². The molecule has 0 fully saturated rings. The summed E-state index contributed by atoms with van der Waals surface area (Å²) in [5.41, 5.74) is -2.24. The van der Waals surface area contributed by atoms with Crippen molar-refractivity contribution in [3.05, 3.63) is 12.2 Å². The lowest BCUT2D eigenvalue weighted by atomic mass is 9.90.